The van der Waals surface area contributed by atoms with E-state index in [4.69, 9.17) is 11.6 Å². The first-order chi connectivity index (χ1) is 47.8. The summed E-state index contributed by atoms with van der Waals surface area (Å²) in [5.41, 5.74) is -1.57. The largest absolute Gasteiger partial charge is 0.393 e. The van der Waals surface area contributed by atoms with Crippen LogP contribution >= 0.6 is 11.6 Å². The van der Waals surface area contributed by atoms with Crippen LogP contribution in [0, 0.1) is 41.4 Å². The number of carbonyl (C=O) groups is 12. The molecular weight excluding hydrogens is 1360 g/mol. The van der Waals surface area contributed by atoms with Crippen LogP contribution in [0.25, 0.3) is 0 Å². The van der Waals surface area contributed by atoms with Crippen molar-refractivity contribution in [3.63, 3.8) is 0 Å². The Hall–Kier alpha value is -6.49. The third-order valence-corrected chi connectivity index (χ3v) is 23.4. The minimum atomic E-state index is -4.55. The van der Waals surface area contributed by atoms with Crippen molar-refractivity contribution in [2.75, 3.05) is 75.0 Å². The van der Waals surface area contributed by atoms with Gasteiger partial charge in [-0.1, -0.05) is 53.9 Å². The van der Waals surface area contributed by atoms with Gasteiger partial charge in [-0.25, -0.2) is 0 Å². The van der Waals surface area contributed by atoms with E-state index in [0.29, 0.717) is 44.9 Å². The van der Waals surface area contributed by atoms with Gasteiger partial charge >= 0.3 is 12.4 Å². The summed E-state index contributed by atoms with van der Waals surface area (Å²) in [5, 5.41) is 10.1. The fourth-order valence-electron chi connectivity index (χ4n) is 16.4. The second kappa shape index (κ2) is 35.5. The van der Waals surface area contributed by atoms with Gasteiger partial charge in [0.1, 0.15) is 53.9 Å². The summed E-state index contributed by atoms with van der Waals surface area (Å²) < 4.78 is 84.2. The molecule has 0 bridgehead atoms. The van der Waals surface area contributed by atoms with Gasteiger partial charge in [-0.05, 0) is 158 Å². The van der Waals surface area contributed by atoms with E-state index in [-0.39, 0.29) is 128 Å². The lowest BCUT2D eigenvalue weighted by atomic mass is 9.74. The predicted octanol–water partition coefficient (Wildman–Crippen LogP) is 6.15. The SMILES string of the molecule is CCCN1C(=O)[C@@H]2CCN2C(=O)CN(C)C(=O)[C@H]([C@@H](C)CC)NC(=O)[C@H](CC(C)C)N(C)C(=O)C[C@@H](C(=O)N(C)C)NC(=O)[C@H](C2CCCC2)N(C)C(=O)C2(CCC2)NC(=O)[C@@H]2CCCN2C(=O)[C@H](CCC2CCC(C(F)(F)F)C(Cl)C2)NC(=O)CN(C)C(=O)[C@@H]1CC1CCC(C(F)(F)F)CC1. The van der Waals surface area contributed by atoms with Crippen LogP contribution in [0.1, 0.15) is 189 Å². The first-order valence-corrected chi connectivity index (χ1v) is 37.4. The molecule has 0 aromatic carbocycles. The molecule has 31 heteroatoms. The lowest BCUT2D eigenvalue weighted by Gasteiger charge is -2.46. The van der Waals surface area contributed by atoms with Gasteiger partial charge in [-0.3, -0.25) is 57.5 Å². The molecule has 1 spiro atoms. The van der Waals surface area contributed by atoms with Crippen molar-refractivity contribution in [3.05, 3.63) is 0 Å². The molecule has 4 saturated carbocycles. The fraction of sp³-hybridized carbons (Fsp3) is 0.831. The molecule has 12 atom stereocenters. The summed E-state index contributed by atoms with van der Waals surface area (Å²) in [6.45, 7) is 7.62. The standard InChI is InChI=1S/C71H111ClF6N12O12/c1-12-32-89-54(37-44-21-25-46(26-22-44)70(73,74)75)65(99)84(8)39-55(91)79-49(28-24-43-23-27-47(48(72)36-43)71(76,77)78)64(98)90-33-16-20-51(90)61(95)82-69(30-17-31-69)68(102)87(11)59(45-18-14-15-19-45)62(96)80-50(63(97)83(6)7)38-56(92)86(10)53(35-41(3)4)60(94)81-58(42(5)13-2)67(101)85(9)40-57(93)88-34-29-52(88)66(89)100/h41-54,58-59H,12-40H2,1-11H3,(H,79,91)(H,80,96)(H,81,94)(H,82,95)/t42-,43?,44?,46?,47?,48?,49-,50-,51-,52-,53-,54-,58-,59-/m0/s1. The van der Waals surface area contributed by atoms with Crippen LogP contribution in [-0.2, 0) is 57.5 Å². The molecule has 4 aliphatic carbocycles. The molecule has 0 aromatic rings. The highest BCUT2D eigenvalue weighted by atomic mass is 35.5. The third-order valence-electron chi connectivity index (χ3n) is 22.9. The Morgan fingerprint density at radius 2 is 1.26 bits per heavy atom. The van der Waals surface area contributed by atoms with Gasteiger partial charge in [0.25, 0.3) is 0 Å². The third kappa shape index (κ3) is 20.1. The average Bonchev–Trinajstić information content (AvgIpc) is 1.80. The Labute approximate surface area is 601 Å². The first kappa shape index (κ1) is 82.8. The van der Waals surface area contributed by atoms with Gasteiger partial charge in [0.2, 0.25) is 70.9 Å². The van der Waals surface area contributed by atoms with Crippen molar-refractivity contribution in [2.45, 2.75) is 260 Å². The Morgan fingerprint density at radius 1 is 0.627 bits per heavy atom. The lowest BCUT2D eigenvalue weighted by molar-refractivity contribution is -0.184. The number of nitrogens with zero attached hydrogens (tertiary/aromatic N) is 8. The van der Waals surface area contributed by atoms with Crippen LogP contribution in [0.15, 0.2) is 0 Å². The normalized spacial score (nSPS) is 31.1. The maximum atomic E-state index is 15.3. The van der Waals surface area contributed by atoms with E-state index >= 15 is 24.0 Å². The minimum absolute atomic E-state index is 0.00894. The van der Waals surface area contributed by atoms with E-state index in [9.17, 15) is 59.9 Å². The molecule has 102 heavy (non-hydrogen) atoms. The molecule has 3 aliphatic heterocycles. The lowest BCUT2D eigenvalue weighted by Crippen LogP contribution is -2.68. The van der Waals surface area contributed by atoms with Gasteiger partial charge in [0.15, 0.2) is 0 Å². The molecule has 0 aromatic heterocycles. The van der Waals surface area contributed by atoms with Crippen LogP contribution in [0.3, 0.4) is 0 Å². The van der Waals surface area contributed by atoms with Crippen molar-refractivity contribution >= 4 is 82.5 Å². The summed E-state index contributed by atoms with van der Waals surface area (Å²) in [7, 11) is 8.36. The molecule has 3 heterocycles. The average molecular weight is 1470 g/mol. The van der Waals surface area contributed by atoms with Crippen LogP contribution in [-0.4, -0.2) is 257 Å². The molecule has 12 amide bonds. The van der Waals surface area contributed by atoms with Crippen molar-refractivity contribution in [1.82, 2.24) is 60.5 Å². The molecule has 24 nitrogen and oxygen atoms in total. The van der Waals surface area contributed by atoms with Crippen LogP contribution in [0.4, 0.5) is 26.3 Å². The minimum Gasteiger partial charge on any atom is -0.347 e. The number of rotatable bonds is 13. The van der Waals surface area contributed by atoms with E-state index in [2.05, 4.69) is 21.3 Å². The maximum Gasteiger partial charge on any atom is 0.393 e. The van der Waals surface area contributed by atoms with Crippen molar-refractivity contribution < 1.29 is 83.9 Å². The second-order valence-corrected chi connectivity index (χ2v) is 31.5. The molecule has 7 rings (SSSR count). The number of carbonyl (C=O) groups excluding carboxylic acids is 12. The van der Waals surface area contributed by atoms with E-state index in [1.807, 2.05) is 13.8 Å². The summed E-state index contributed by atoms with van der Waals surface area (Å²) in [4.78, 5) is 188. The Bertz CT molecular complexity index is 3020. The van der Waals surface area contributed by atoms with Gasteiger partial charge in [-0.15, -0.1) is 11.6 Å². The van der Waals surface area contributed by atoms with Crippen molar-refractivity contribution in [3.8, 4) is 0 Å². The number of hydrogen-bond acceptors (Lipinski definition) is 12. The zero-order valence-electron chi connectivity index (χ0n) is 61.4. The Balaban J connectivity index is 1.27. The van der Waals surface area contributed by atoms with E-state index in [1.54, 1.807) is 20.8 Å². The highest BCUT2D eigenvalue weighted by molar-refractivity contribution is 6.21. The number of nitrogens with one attached hydrogen (secondary N) is 4. The van der Waals surface area contributed by atoms with Gasteiger partial charge in [0.05, 0.1) is 31.3 Å². The second-order valence-electron chi connectivity index (χ2n) is 30.9. The molecule has 0 radical (unpaired) electrons. The molecule has 7 fully saturated rings. The number of hydrogen-bond donors (Lipinski definition) is 4. The fourth-order valence-corrected chi connectivity index (χ4v) is 16.9. The van der Waals surface area contributed by atoms with Crippen LogP contribution in [0.2, 0.25) is 0 Å². The highest BCUT2D eigenvalue weighted by Crippen LogP contribution is 2.45. The van der Waals surface area contributed by atoms with Crippen molar-refractivity contribution in [2.24, 2.45) is 41.4 Å². The Morgan fingerprint density at radius 3 is 1.81 bits per heavy atom. The topological polar surface area (TPSA) is 279 Å². The van der Waals surface area contributed by atoms with Crippen molar-refractivity contribution in [1.29, 1.82) is 0 Å². The summed E-state index contributed by atoms with van der Waals surface area (Å²) in [5.74, 6) is -14.0. The van der Waals surface area contributed by atoms with Gasteiger partial charge in [0, 0.05) is 67.3 Å². The molecule has 7 aliphatic rings. The molecule has 576 valence electrons. The first-order valence-electron chi connectivity index (χ1n) is 37.0. The maximum absolute atomic E-state index is 15.3. The van der Waals surface area contributed by atoms with Crippen LogP contribution < -0.4 is 21.3 Å². The number of fused-ring (bicyclic) bond motifs is 2. The predicted molar refractivity (Wildman–Crippen MR) is 366 cm³/mol. The summed E-state index contributed by atoms with van der Waals surface area (Å²) in [6, 6.07) is -10.4. The quantitative estimate of drug-likeness (QED) is 0.119. The summed E-state index contributed by atoms with van der Waals surface area (Å²) >= 11 is 6.38. The van der Waals surface area contributed by atoms with Crippen LogP contribution in [0.5, 0.6) is 0 Å². The monoisotopic (exact) mass is 1470 g/mol. The molecule has 3 unspecified atom stereocenters. The van der Waals surface area contributed by atoms with Gasteiger partial charge in [-0.2, -0.15) is 26.3 Å². The number of amides is 12. The highest BCUT2D eigenvalue weighted by Gasteiger charge is 2.54. The van der Waals surface area contributed by atoms with E-state index in [0.717, 1.165) is 9.80 Å². The molecule has 3 saturated heterocycles. The van der Waals surface area contributed by atoms with E-state index < -0.39 is 198 Å². The smallest absolute Gasteiger partial charge is 0.347 e. The molecular formula is C71H111ClF6N12O12. The summed E-state index contributed by atoms with van der Waals surface area (Å²) in [6.07, 6.45) is -5.88. The number of likely N-dealkylation sites (N-methyl/N-ethyl adjacent to an activating group) is 5. The number of halogens is 7. The molecule has 4 N–H and O–H groups in total. The Kier molecular flexibility index (Phi) is 28.8. The number of alkyl halides is 7. The zero-order valence-corrected chi connectivity index (χ0v) is 62.1. The van der Waals surface area contributed by atoms with E-state index in [1.165, 1.54) is 71.7 Å². The zero-order chi connectivity index (χ0) is 75.6. The van der Waals surface area contributed by atoms with Gasteiger partial charge < -0.3 is 60.5 Å².